The highest BCUT2D eigenvalue weighted by Crippen LogP contribution is 2.35. The molecule has 1 aliphatic heterocycles. The Morgan fingerprint density at radius 1 is 1.16 bits per heavy atom. The van der Waals surface area contributed by atoms with Crippen LogP contribution in [0.2, 0.25) is 0 Å². The number of imide groups is 1. The first-order valence-electron chi connectivity index (χ1n) is 10.3. The molecule has 1 fully saturated rings. The Bertz CT molecular complexity index is 1060. The van der Waals surface area contributed by atoms with Crippen molar-refractivity contribution in [3.63, 3.8) is 0 Å². The van der Waals surface area contributed by atoms with Gasteiger partial charge in [0, 0.05) is 5.69 Å². The molecular formula is C24H26N2O5S. The van der Waals surface area contributed by atoms with E-state index in [-0.39, 0.29) is 17.6 Å². The Morgan fingerprint density at radius 2 is 1.94 bits per heavy atom. The average molecular weight is 455 g/mol. The number of carbonyl (C=O) groups is 3. The highest BCUT2D eigenvalue weighted by atomic mass is 32.2. The summed E-state index contributed by atoms with van der Waals surface area (Å²) in [5.41, 5.74) is 2.30. The van der Waals surface area contributed by atoms with Crippen molar-refractivity contribution in [1.82, 2.24) is 4.90 Å². The highest BCUT2D eigenvalue weighted by molar-refractivity contribution is 8.18. The van der Waals surface area contributed by atoms with E-state index in [1.165, 1.54) is 0 Å². The molecular weight excluding hydrogens is 428 g/mol. The minimum absolute atomic E-state index is 0.0116. The fourth-order valence-corrected chi connectivity index (χ4v) is 3.93. The number of anilines is 1. The Morgan fingerprint density at radius 3 is 2.62 bits per heavy atom. The van der Waals surface area contributed by atoms with Crippen molar-refractivity contribution in [2.75, 3.05) is 18.5 Å². The molecule has 7 nitrogen and oxygen atoms in total. The van der Waals surface area contributed by atoms with Gasteiger partial charge in [0.25, 0.3) is 11.1 Å². The number of ether oxygens (including phenoxy) is 2. The number of carbonyl (C=O) groups excluding carboxylic acids is 3. The zero-order valence-corrected chi connectivity index (χ0v) is 19.3. The molecule has 3 rings (SSSR count). The first kappa shape index (κ1) is 23.4. The molecule has 0 radical (unpaired) electrons. The summed E-state index contributed by atoms with van der Waals surface area (Å²) in [4.78, 5) is 38.7. The van der Waals surface area contributed by atoms with E-state index >= 15 is 0 Å². The maximum Gasteiger partial charge on any atom is 0.294 e. The van der Waals surface area contributed by atoms with Gasteiger partial charge in [-0.2, -0.15) is 0 Å². The molecule has 0 bridgehead atoms. The minimum atomic E-state index is -0.500. The topological polar surface area (TPSA) is 84.9 Å². The number of rotatable bonds is 8. The predicted octanol–water partition coefficient (Wildman–Crippen LogP) is 4.86. The van der Waals surface area contributed by atoms with Crippen molar-refractivity contribution >= 4 is 40.6 Å². The largest absolute Gasteiger partial charge is 0.490 e. The Kier molecular flexibility index (Phi) is 7.58. The number of thioether (sulfide) groups is 1. The summed E-state index contributed by atoms with van der Waals surface area (Å²) in [6.45, 7) is 7.75. The second kappa shape index (κ2) is 10.4. The van der Waals surface area contributed by atoms with Crippen molar-refractivity contribution in [3.8, 4) is 11.5 Å². The summed E-state index contributed by atoms with van der Waals surface area (Å²) in [7, 11) is 0. The summed E-state index contributed by atoms with van der Waals surface area (Å²) in [6.07, 6.45) is 1.60. The Balaban J connectivity index is 1.73. The van der Waals surface area contributed by atoms with Gasteiger partial charge in [0.15, 0.2) is 11.5 Å². The smallest absolute Gasteiger partial charge is 0.294 e. The molecule has 1 aliphatic rings. The van der Waals surface area contributed by atoms with E-state index in [0.717, 1.165) is 22.2 Å². The van der Waals surface area contributed by atoms with Gasteiger partial charge in [0.05, 0.1) is 17.6 Å². The normalized spacial score (nSPS) is 14.9. The van der Waals surface area contributed by atoms with E-state index in [9.17, 15) is 14.4 Å². The second-order valence-electron chi connectivity index (χ2n) is 7.49. The summed E-state index contributed by atoms with van der Waals surface area (Å²) in [5.74, 6) is 0.236. The summed E-state index contributed by atoms with van der Waals surface area (Å²) in [6, 6.07) is 12.6. The quantitative estimate of drug-likeness (QED) is 0.574. The fourth-order valence-electron chi connectivity index (χ4n) is 3.09. The third-order valence-electron chi connectivity index (χ3n) is 4.41. The lowest BCUT2D eigenvalue weighted by molar-refractivity contribution is -0.127. The molecule has 1 heterocycles. The molecule has 0 saturated carbocycles. The van der Waals surface area contributed by atoms with Crippen LogP contribution in [0.3, 0.4) is 0 Å². The number of nitrogens with one attached hydrogen (secondary N) is 1. The number of amides is 3. The van der Waals surface area contributed by atoms with Crippen LogP contribution in [0, 0.1) is 6.92 Å². The van der Waals surface area contributed by atoms with Gasteiger partial charge in [0.1, 0.15) is 6.54 Å². The van der Waals surface area contributed by atoms with Crippen molar-refractivity contribution < 1.29 is 23.9 Å². The average Bonchev–Trinajstić information content (AvgIpc) is 2.97. The van der Waals surface area contributed by atoms with Crippen molar-refractivity contribution in [3.05, 3.63) is 58.5 Å². The molecule has 0 spiro atoms. The van der Waals surface area contributed by atoms with Crippen molar-refractivity contribution in [1.29, 1.82) is 0 Å². The van der Waals surface area contributed by atoms with E-state index in [1.807, 2.05) is 45.9 Å². The molecule has 2 aromatic carbocycles. The van der Waals surface area contributed by atoms with Crippen LogP contribution in [0.5, 0.6) is 11.5 Å². The lowest BCUT2D eigenvalue weighted by atomic mass is 10.1. The van der Waals surface area contributed by atoms with Crippen molar-refractivity contribution in [2.24, 2.45) is 0 Å². The highest BCUT2D eigenvalue weighted by Gasteiger charge is 2.36. The van der Waals surface area contributed by atoms with Crippen LogP contribution < -0.4 is 14.8 Å². The van der Waals surface area contributed by atoms with Crippen LogP contribution in [0.4, 0.5) is 10.5 Å². The van der Waals surface area contributed by atoms with E-state index in [2.05, 4.69) is 5.32 Å². The molecule has 0 aliphatic carbocycles. The molecule has 32 heavy (non-hydrogen) atoms. The van der Waals surface area contributed by atoms with Gasteiger partial charge < -0.3 is 14.8 Å². The molecule has 1 saturated heterocycles. The molecule has 168 valence electrons. The number of nitrogens with zero attached hydrogens (tertiary/aromatic N) is 1. The van der Waals surface area contributed by atoms with Gasteiger partial charge in [0.2, 0.25) is 5.91 Å². The van der Waals surface area contributed by atoms with Crippen molar-refractivity contribution in [2.45, 2.75) is 33.8 Å². The third-order valence-corrected chi connectivity index (χ3v) is 5.31. The minimum Gasteiger partial charge on any atom is -0.490 e. The molecule has 2 aromatic rings. The van der Waals surface area contributed by atoms with Gasteiger partial charge >= 0.3 is 0 Å². The predicted molar refractivity (Wildman–Crippen MR) is 126 cm³/mol. The van der Waals surface area contributed by atoms with Crippen LogP contribution in [0.25, 0.3) is 6.08 Å². The van der Waals surface area contributed by atoms with E-state index < -0.39 is 17.1 Å². The van der Waals surface area contributed by atoms with Crippen LogP contribution >= 0.6 is 11.8 Å². The van der Waals surface area contributed by atoms with E-state index in [4.69, 9.17) is 9.47 Å². The zero-order valence-electron chi connectivity index (χ0n) is 18.5. The standard InChI is InChI=1S/C24H26N2O5S/c1-5-30-20-12-17(9-10-19(20)31-15(2)3)13-21-23(28)26(24(29)32-21)14-22(27)25-18-8-6-7-16(4)11-18/h6-13,15H,5,14H2,1-4H3,(H,25,27)/b21-13+. The van der Waals surface area contributed by atoms with Crippen LogP contribution in [0.15, 0.2) is 47.4 Å². The van der Waals surface area contributed by atoms with Gasteiger partial charge in [-0.1, -0.05) is 18.2 Å². The number of aryl methyl sites for hydroxylation is 1. The zero-order chi connectivity index (χ0) is 23.3. The molecule has 0 atom stereocenters. The van der Waals surface area contributed by atoms with Gasteiger partial charge in [-0.25, -0.2) is 0 Å². The summed E-state index contributed by atoms with van der Waals surface area (Å²) in [5, 5.41) is 2.23. The summed E-state index contributed by atoms with van der Waals surface area (Å²) < 4.78 is 11.4. The summed E-state index contributed by atoms with van der Waals surface area (Å²) >= 11 is 0.808. The molecule has 0 unspecified atom stereocenters. The first-order chi connectivity index (χ1) is 15.3. The lowest BCUT2D eigenvalue weighted by Gasteiger charge is -2.15. The fraction of sp³-hybridized carbons (Fsp3) is 0.292. The monoisotopic (exact) mass is 454 g/mol. The number of hydrogen-bond donors (Lipinski definition) is 1. The van der Waals surface area contributed by atoms with Gasteiger partial charge in [-0.3, -0.25) is 19.3 Å². The molecule has 0 aromatic heterocycles. The Labute approximate surface area is 191 Å². The second-order valence-corrected chi connectivity index (χ2v) is 8.48. The Hall–Kier alpha value is -3.26. The van der Waals surface area contributed by atoms with Gasteiger partial charge in [-0.05, 0) is 80.9 Å². The number of hydrogen-bond acceptors (Lipinski definition) is 6. The maximum absolute atomic E-state index is 12.8. The van der Waals surface area contributed by atoms with Gasteiger partial charge in [-0.15, -0.1) is 0 Å². The van der Waals surface area contributed by atoms with Crippen LogP contribution in [0.1, 0.15) is 31.9 Å². The third kappa shape index (κ3) is 5.91. The molecule has 1 N–H and O–H groups in total. The van der Waals surface area contributed by atoms with E-state index in [1.54, 1.807) is 30.3 Å². The lowest BCUT2D eigenvalue weighted by Crippen LogP contribution is -2.36. The molecule has 3 amide bonds. The molecule has 8 heteroatoms. The van der Waals surface area contributed by atoms with E-state index in [0.29, 0.717) is 29.4 Å². The SMILES string of the molecule is CCOc1cc(/C=C2/SC(=O)N(CC(=O)Nc3cccc(C)c3)C2=O)ccc1OC(C)C. The number of benzene rings is 2. The first-order valence-corrected chi connectivity index (χ1v) is 11.1. The maximum atomic E-state index is 12.8. The van der Waals surface area contributed by atoms with Crippen LogP contribution in [-0.2, 0) is 9.59 Å². The van der Waals surface area contributed by atoms with Crippen LogP contribution in [-0.4, -0.2) is 41.2 Å².